The van der Waals surface area contributed by atoms with Crippen LogP contribution in [0.3, 0.4) is 0 Å². The normalized spacial score (nSPS) is 11.3. The molecule has 0 radical (unpaired) electrons. The summed E-state index contributed by atoms with van der Waals surface area (Å²) in [7, 11) is 3.17. The van der Waals surface area contributed by atoms with E-state index in [1.165, 1.54) is 12.7 Å². The second-order valence-electron chi connectivity index (χ2n) is 6.98. The lowest BCUT2D eigenvalue weighted by Gasteiger charge is -2.08. The van der Waals surface area contributed by atoms with Gasteiger partial charge in [0.1, 0.15) is 29.5 Å². The van der Waals surface area contributed by atoms with Crippen LogP contribution in [-0.4, -0.2) is 23.6 Å². The molecule has 0 unspecified atom stereocenters. The number of benzene rings is 2. The first kappa shape index (κ1) is 20.7. The maximum absolute atomic E-state index is 5.24. The van der Waals surface area contributed by atoms with E-state index < -0.39 is 0 Å². The Labute approximate surface area is 181 Å². The number of ether oxygens (including phenoxy) is 1. The number of pyridine rings is 1. The first-order valence-electron chi connectivity index (χ1n) is 10.0. The molecule has 0 aliphatic heterocycles. The SMILES string of the molecule is COOCc1ccn2c(NCc3ccccc3)c(/C=C/c3ccc(OC)cc3)nc2c1. The number of hydrogen-bond donors (Lipinski definition) is 1. The predicted molar refractivity (Wildman–Crippen MR) is 123 cm³/mol. The van der Waals surface area contributed by atoms with Gasteiger partial charge in [0.05, 0.1) is 14.2 Å². The highest BCUT2D eigenvalue weighted by atomic mass is 17.2. The van der Waals surface area contributed by atoms with Gasteiger partial charge >= 0.3 is 0 Å². The molecule has 6 nitrogen and oxygen atoms in total. The molecule has 0 atom stereocenters. The van der Waals surface area contributed by atoms with Crippen molar-refractivity contribution in [3.63, 3.8) is 0 Å². The van der Waals surface area contributed by atoms with Crippen LogP contribution in [0.5, 0.6) is 5.75 Å². The van der Waals surface area contributed by atoms with Crippen molar-refractivity contribution in [3.8, 4) is 5.75 Å². The van der Waals surface area contributed by atoms with Crippen molar-refractivity contribution in [1.82, 2.24) is 9.38 Å². The third-order valence-corrected chi connectivity index (χ3v) is 4.91. The van der Waals surface area contributed by atoms with E-state index >= 15 is 0 Å². The molecule has 31 heavy (non-hydrogen) atoms. The topological polar surface area (TPSA) is 57.0 Å². The van der Waals surface area contributed by atoms with Crippen LogP contribution in [0, 0.1) is 0 Å². The Balaban J connectivity index is 1.65. The minimum absolute atomic E-state index is 0.365. The van der Waals surface area contributed by atoms with E-state index in [2.05, 4.69) is 17.4 Å². The maximum Gasteiger partial charge on any atom is 0.139 e. The van der Waals surface area contributed by atoms with Crippen LogP contribution in [0.4, 0.5) is 5.82 Å². The summed E-state index contributed by atoms with van der Waals surface area (Å²) < 4.78 is 7.28. The highest BCUT2D eigenvalue weighted by Gasteiger charge is 2.11. The lowest BCUT2D eigenvalue weighted by Crippen LogP contribution is -2.03. The quantitative estimate of drug-likeness (QED) is 0.301. The Morgan fingerprint density at radius 2 is 1.74 bits per heavy atom. The molecule has 158 valence electrons. The Hall–Kier alpha value is -3.61. The zero-order valence-corrected chi connectivity index (χ0v) is 17.6. The number of nitrogens with zero attached hydrogens (tertiary/aromatic N) is 2. The molecule has 0 spiro atoms. The van der Waals surface area contributed by atoms with Gasteiger partial charge in [-0.05, 0) is 47.0 Å². The van der Waals surface area contributed by atoms with E-state index in [9.17, 15) is 0 Å². The van der Waals surface area contributed by atoms with E-state index in [0.29, 0.717) is 13.2 Å². The molecule has 4 aromatic rings. The largest absolute Gasteiger partial charge is 0.497 e. The molecule has 2 aromatic carbocycles. The lowest BCUT2D eigenvalue weighted by molar-refractivity contribution is -0.282. The molecule has 0 fully saturated rings. The van der Waals surface area contributed by atoms with Gasteiger partial charge in [0.15, 0.2) is 0 Å². The molecule has 0 amide bonds. The standard InChI is InChI=1S/C25H25N3O3/c1-29-22-11-8-19(9-12-22)10-13-23-25(26-17-20-6-4-3-5-7-20)28-15-14-21(18-31-30-2)16-24(28)27-23/h3-16,26H,17-18H2,1-2H3/b13-10+. The molecule has 4 rings (SSSR count). The number of anilines is 1. The first-order valence-corrected chi connectivity index (χ1v) is 10.0. The van der Waals surface area contributed by atoms with Gasteiger partial charge in [-0.2, -0.15) is 0 Å². The molecule has 1 N–H and O–H groups in total. The Morgan fingerprint density at radius 3 is 2.48 bits per heavy atom. The smallest absolute Gasteiger partial charge is 0.139 e. The summed E-state index contributed by atoms with van der Waals surface area (Å²) in [6.45, 7) is 1.07. The predicted octanol–water partition coefficient (Wildman–Crippen LogP) is 5.20. The molecule has 2 heterocycles. The van der Waals surface area contributed by atoms with Gasteiger partial charge in [-0.15, -0.1) is 0 Å². The van der Waals surface area contributed by atoms with Gasteiger partial charge in [-0.1, -0.05) is 48.5 Å². The fourth-order valence-corrected chi connectivity index (χ4v) is 3.29. The third-order valence-electron chi connectivity index (χ3n) is 4.91. The van der Waals surface area contributed by atoms with Crippen LogP contribution in [0.25, 0.3) is 17.8 Å². The molecule has 0 saturated carbocycles. The monoisotopic (exact) mass is 415 g/mol. The van der Waals surface area contributed by atoms with Crippen LogP contribution in [0.15, 0.2) is 72.9 Å². The number of aromatic nitrogens is 2. The summed E-state index contributed by atoms with van der Waals surface area (Å²) in [4.78, 5) is 14.6. The number of imidazole rings is 1. The average molecular weight is 415 g/mol. The number of nitrogens with one attached hydrogen (secondary N) is 1. The second kappa shape index (κ2) is 9.93. The van der Waals surface area contributed by atoms with Crippen molar-refractivity contribution in [1.29, 1.82) is 0 Å². The maximum atomic E-state index is 5.24. The van der Waals surface area contributed by atoms with Crippen LogP contribution in [0.2, 0.25) is 0 Å². The fraction of sp³-hybridized carbons (Fsp3) is 0.160. The van der Waals surface area contributed by atoms with Gasteiger partial charge in [0.2, 0.25) is 0 Å². The van der Waals surface area contributed by atoms with Crippen molar-refractivity contribution in [3.05, 3.63) is 95.3 Å². The summed E-state index contributed by atoms with van der Waals surface area (Å²) in [5, 5.41) is 3.54. The third kappa shape index (κ3) is 5.12. The van der Waals surface area contributed by atoms with Gasteiger partial charge in [-0.25, -0.2) is 14.8 Å². The molecule has 0 aliphatic rings. The molecule has 2 aromatic heterocycles. The number of fused-ring (bicyclic) bond motifs is 1. The van der Waals surface area contributed by atoms with E-state index in [1.807, 2.05) is 77.3 Å². The molecule has 0 bridgehead atoms. The summed E-state index contributed by atoms with van der Waals surface area (Å²) in [6, 6.07) is 22.2. The number of rotatable bonds is 9. The summed E-state index contributed by atoms with van der Waals surface area (Å²) in [6.07, 6.45) is 6.06. The minimum Gasteiger partial charge on any atom is -0.497 e. The van der Waals surface area contributed by atoms with Gasteiger partial charge in [0, 0.05) is 12.7 Å². The number of hydrogen-bond acceptors (Lipinski definition) is 5. The average Bonchev–Trinajstić information content (AvgIpc) is 3.17. The molecular weight excluding hydrogens is 390 g/mol. The van der Waals surface area contributed by atoms with Crippen LogP contribution in [-0.2, 0) is 22.9 Å². The van der Waals surface area contributed by atoms with Crippen LogP contribution < -0.4 is 10.1 Å². The highest BCUT2D eigenvalue weighted by Crippen LogP contribution is 2.23. The summed E-state index contributed by atoms with van der Waals surface area (Å²) >= 11 is 0. The van der Waals surface area contributed by atoms with Crippen molar-refractivity contribution in [2.75, 3.05) is 19.5 Å². The van der Waals surface area contributed by atoms with E-state index in [-0.39, 0.29) is 0 Å². The van der Waals surface area contributed by atoms with E-state index in [0.717, 1.165) is 34.0 Å². The van der Waals surface area contributed by atoms with Crippen molar-refractivity contribution < 1.29 is 14.5 Å². The first-order chi connectivity index (χ1) is 15.3. The molecule has 0 aliphatic carbocycles. The Bertz CT molecular complexity index is 1150. The number of methoxy groups -OCH3 is 1. The zero-order valence-electron chi connectivity index (χ0n) is 17.6. The summed E-state index contributed by atoms with van der Waals surface area (Å²) in [5.74, 6) is 1.77. The molecule has 6 heteroatoms. The van der Waals surface area contributed by atoms with Gasteiger partial charge < -0.3 is 10.1 Å². The van der Waals surface area contributed by atoms with Crippen molar-refractivity contribution in [2.45, 2.75) is 13.2 Å². The highest BCUT2D eigenvalue weighted by molar-refractivity contribution is 5.76. The molecule has 0 saturated heterocycles. The Kier molecular flexibility index (Phi) is 6.62. The van der Waals surface area contributed by atoms with Crippen LogP contribution in [0.1, 0.15) is 22.4 Å². The zero-order chi connectivity index (χ0) is 21.5. The van der Waals surface area contributed by atoms with E-state index in [4.69, 9.17) is 19.5 Å². The van der Waals surface area contributed by atoms with Crippen molar-refractivity contribution in [2.24, 2.45) is 0 Å². The Morgan fingerprint density at radius 1 is 0.935 bits per heavy atom. The summed E-state index contributed by atoms with van der Waals surface area (Å²) in [5.41, 5.74) is 4.95. The lowest BCUT2D eigenvalue weighted by atomic mass is 10.2. The van der Waals surface area contributed by atoms with E-state index in [1.54, 1.807) is 7.11 Å². The minimum atomic E-state index is 0.365. The van der Waals surface area contributed by atoms with Crippen molar-refractivity contribution >= 4 is 23.6 Å². The van der Waals surface area contributed by atoms with Gasteiger partial charge in [-0.3, -0.25) is 4.40 Å². The second-order valence-corrected chi connectivity index (χ2v) is 6.98. The fourth-order valence-electron chi connectivity index (χ4n) is 3.29. The van der Waals surface area contributed by atoms with Crippen LogP contribution >= 0.6 is 0 Å². The molecular formula is C25H25N3O3. The van der Waals surface area contributed by atoms with Gasteiger partial charge in [0.25, 0.3) is 0 Å².